The van der Waals surface area contributed by atoms with E-state index in [0.717, 1.165) is 0 Å². The van der Waals surface area contributed by atoms with Gasteiger partial charge in [0, 0.05) is 17.7 Å². The van der Waals surface area contributed by atoms with Crippen LogP contribution >= 0.6 is 0 Å². The summed E-state index contributed by atoms with van der Waals surface area (Å²) in [5.41, 5.74) is 6.32. The summed E-state index contributed by atoms with van der Waals surface area (Å²) >= 11 is 0. The van der Waals surface area contributed by atoms with E-state index in [1.807, 2.05) is 0 Å². The summed E-state index contributed by atoms with van der Waals surface area (Å²) in [6.45, 7) is 1.08. The third-order valence-electron chi connectivity index (χ3n) is 1.80. The van der Waals surface area contributed by atoms with Crippen molar-refractivity contribution < 1.29 is 13.5 Å². The summed E-state index contributed by atoms with van der Waals surface area (Å²) in [7, 11) is 0. The van der Waals surface area contributed by atoms with Crippen molar-refractivity contribution in [1.82, 2.24) is 0 Å². The van der Waals surface area contributed by atoms with Gasteiger partial charge >= 0.3 is 0 Å². The molecule has 0 heterocycles. The number of hydrogen-bond acceptors (Lipinski definition) is 2. The molecule has 0 fully saturated rings. The van der Waals surface area contributed by atoms with Gasteiger partial charge < -0.3 is 10.5 Å². The van der Waals surface area contributed by atoms with Crippen LogP contribution in [0.4, 0.5) is 8.78 Å². The summed E-state index contributed by atoms with van der Waals surface area (Å²) in [6.07, 6.45) is 0. The third-order valence-corrected chi connectivity index (χ3v) is 1.80. The topological polar surface area (TPSA) is 35.2 Å². The lowest BCUT2D eigenvalue weighted by Crippen LogP contribution is -2.09. The molecular weight excluding hydrogens is 188 g/mol. The van der Waals surface area contributed by atoms with E-state index in [1.165, 1.54) is 12.1 Å². The standard InChI is InChI=1S/C10H13F2NO/c1-7(13)9-3-2-8(12)6-10(9)14-5-4-11/h2-3,6-7H,4-5,13H2,1H3/t7-/m1/s1. The Morgan fingerprint density at radius 2 is 2.21 bits per heavy atom. The fourth-order valence-electron chi connectivity index (χ4n) is 1.16. The van der Waals surface area contributed by atoms with Gasteiger partial charge in [-0.1, -0.05) is 6.07 Å². The highest BCUT2D eigenvalue weighted by atomic mass is 19.1. The Morgan fingerprint density at radius 1 is 1.50 bits per heavy atom. The van der Waals surface area contributed by atoms with Crippen LogP contribution in [0.1, 0.15) is 18.5 Å². The van der Waals surface area contributed by atoms with E-state index in [-0.39, 0.29) is 12.6 Å². The van der Waals surface area contributed by atoms with Crippen LogP contribution in [0.25, 0.3) is 0 Å². The second kappa shape index (κ2) is 4.91. The van der Waals surface area contributed by atoms with E-state index in [0.29, 0.717) is 11.3 Å². The molecule has 0 aliphatic carbocycles. The second-order valence-electron chi connectivity index (χ2n) is 3.01. The van der Waals surface area contributed by atoms with Gasteiger partial charge in [0.1, 0.15) is 24.8 Å². The molecule has 2 N–H and O–H groups in total. The minimum Gasteiger partial charge on any atom is -0.490 e. The molecule has 0 bridgehead atoms. The number of halogens is 2. The van der Waals surface area contributed by atoms with Gasteiger partial charge in [0.25, 0.3) is 0 Å². The largest absolute Gasteiger partial charge is 0.490 e. The highest BCUT2D eigenvalue weighted by Crippen LogP contribution is 2.24. The first-order valence-electron chi connectivity index (χ1n) is 4.39. The van der Waals surface area contributed by atoms with Crippen LogP contribution in [0, 0.1) is 5.82 Å². The van der Waals surface area contributed by atoms with E-state index >= 15 is 0 Å². The lowest BCUT2D eigenvalue weighted by Gasteiger charge is -2.12. The summed E-state index contributed by atoms with van der Waals surface area (Å²) in [5.74, 6) is -0.0964. The quantitative estimate of drug-likeness (QED) is 0.810. The maximum atomic E-state index is 12.8. The normalized spacial score (nSPS) is 12.6. The van der Waals surface area contributed by atoms with Crippen LogP contribution in [0.3, 0.4) is 0 Å². The minimum atomic E-state index is -0.602. The summed E-state index contributed by atoms with van der Waals surface area (Å²) in [4.78, 5) is 0. The number of benzene rings is 1. The van der Waals surface area contributed by atoms with Crippen molar-refractivity contribution in [2.24, 2.45) is 5.73 Å². The Balaban J connectivity index is 2.91. The Bertz CT molecular complexity index is 302. The van der Waals surface area contributed by atoms with Gasteiger partial charge in [0.05, 0.1) is 0 Å². The SMILES string of the molecule is C[C@@H](N)c1ccc(F)cc1OCCF. The van der Waals surface area contributed by atoms with E-state index in [2.05, 4.69) is 0 Å². The summed E-state index contributed by atoms with van der Waals surface area (Å²) in [5, 5.41) is 0. The molecule has 78 valence electrons. The first-order chi connectivity index (χ1) is 6.65. The van der Waals surface area contributed by atoms with Crippen molar-refractivity contribution in [2.45, 2.75) is 13.0 Å². The Morgan fingerprint density at radius 3 is 2.79 bits per heavy atom. The van der Waals surface area contributed by atoms with Gasteiger partial charge in [-0.05, 0) is 13.0 Å². The molecule has 0 spiro atoms. The van der Waals surface area contributed by atoms with Crippen LogP contribution in [-0.4, -0.2) is 13.3 Å². The fourth-order valence-corrected chi connectivity index (χ4v) is 1.16. The Labute approximate surface area is 81.7 Å². The van der Waals surface area contributed by atoms with Crippen molar-refractivity contribution in [1.29, 1.82) is 0 Å². The van der Waals surface area contributed by atoms with Gasteiger partial charge in [-0.3, -0.25) is 0 Å². The lowest BCUT2D eigenvalue weighted by molar-refractivity contribution is 0.269. The van der Waals surface area contributed by atoms with Crippen LogP contribution in [0.2, 0.25) is 0 Å². The molecule has 0 aliphatic heterocycles. The monoisotopic (exact) mass is 201 g/mol. The average molecular weight is 201 g/mol. The van der Waals surface area contributed by atoms with Crippen molar-refractivity contribution in [3.63, 3.8) is 0 Å². The maximum Gasteiger partial charge on any atom is 0.127 e. The Kier molecular flexibility index (Phi) is 3.83. The molecule has 4 heteroatoms. The van der Waals surface area contributed by atoms with Crippen LogP contribution in [-0.2, 0) is 0 Å². The predicted molar refractivity (Wildman–Crippen MR) is 50.5 cm³/mol. The van der Waals surface area contributed by atoms with Crippen molar-refractivity contribution >= 4 is 0 Å². The Hall–Kier alpha value is -1.16. The van der Waals surface area contributed by atoms with E-state index < -0.39 is 12.5 Å². The van der Waals surface area contributed by atoms with Gasteiger partial charge in [0.15, 0.2) is 0 Å². The van der Waals surface area contributed by atoms with E-state index in [9.17, 15) is 8.78 Å². The fraction of sp³-hybridized carbons (Fsp3) is 0.400. The first kappa shape index (κ1) is 10.9. The zero-order chi connectivity index (χ0) is 10.6. The maximum absolute atomic E-state index is 12.8. The van der Waals surface area contributed by atoms with Crippen molar-refractivity contribution in [3.8, 4) is 5.75 Å². The zero-order valence-electron chi connectivity index (χ0n) is 7.97. The number of hydrogen-bond donors (Lipinski definition) is 1. The summed E-state index contributed by atoms with van der Waals surface area (Å²) < 4.78 is 29.7. The molecule has 2 nitrogen and oxygen atoms in total. The van der Waals surface area contributed by atoms with Crippen molar-refractivity contribution in [3.05, 3.63) is 29.6 Å². The van der Waals surface area contributed by atoms with Crippen LogP contribution < -0.4 is 10.5 Å². The molecule has 0 amide bonds. The lowest BCUT2D eigenvalue weighted by atomic mass is 10.1. The molecule has 0 saturated heterocycles. The van der Waals surface area contributed by atoms with Gasteiger partial charge in [-0.25, -0.2) is 8.78 Å². The van der Waals surface area contributed by atoms with Gasteiger partial charge in [-0.2, -0.15) is 0 Å². The van der Waals surface area contributed by atoms with E-state index in [1.54, 1.807) is 13.0 Å². The number of ether oxygens (including phenoxy) is 1. The van der Waals surface area contributed by atoms with Gasteiger partial charge in [-0.15, -0.1) is 0 Å². The third kappa shape index (κ3) is 2.67. The summed E-state index contributed by atoms with van der Waals surface area (Å²) in [6, 6.07) is 3.81. The van der Waals surface area contributed by atoms with E-state index in [4.69, 9.17) is 10.5 Å². The minimum absolute atomic E-state index is 0.0802. The number of nitrogens with two attached hydrogens (primary N) is 1. The molecule has 1 rings (SSSR count). The molecule has 0 saturated carbocycles. The predicted octanol–water partition coefficient (Wildman–Crippen LogP) is 2.19. The number of alkyl halides is 1. The number of rotatable bonds is 4. The molecule has 1 aromatic rings. The van der Waals surface area contributed by atoms with Crippen LogP contribution in [0.15, 0.2) is 18.2 Å². The highest BCUT2D eigenvalue weighted by molar-refractivity contribution is 5.36. The molecule has 1 atom stereocenters. The zero-order valence-corrected chi connectivity index (χ0v) is 7.97. The molecular formula is C10H13F2NO. The highest BCUT2D eigenvalue weighted by Gasteiger charge is 2.08. The van der Waals surface area contributed by atoms with Crippen LogP contribution in [0.5, 0.6) is 5.75 Å². The van der Waals surface area contributed by atoms with Crippen molar-refractivity contribution in [2.75, 3.05) is 13.3 Å². The molecule has 0 unspecified atom stereocenters. The second-order valence-corrected chi connectivity index (χ2v) is 3.01. The average Bonchev–Trinajstić information content (AvgIpc) is 2.14. The molecule has 0 radical (unpaired) electrons. The molecule has 14 heavy (non-hydrogen) atoms. The molecule has 0 aliphatic rings. The smallest absolute Gasteiger partial charge is 0.127 e. The first-order valence-corrected chi connectivity index (χ1v) is 4.39. The van der Waals surface area contributed by atoms with Gasteiger partial charge in [0.2, 0.25) is 0 Å². The molecule has 0 aromatic heterocycles. The molecule has 1 aromatic carbocycles.